The van der Waals surface area contributed by atoms with Crippen molar-refractivity contribution in [3.63, 3.8) is 0 Å². The van der Waals surface area contributed by atoms with Gasteiger partial charge in [-0.1, -0.05) is 6.42 Å². The molecular formula is C11H19ClO2. The maximum Gasteiger partial charge on any atom is 0.312 e. The van der Waals surface area contributed by atoms with Crippen LogP contribution in [0.4, 0.5) is 0 Å². The molecule has 1 rings (SSSR count). The van der Waals surface area contributed by atoms with E-state index in [2.05, 4.69) is 0 Å². The maximum atomic E-state index is 11.9. The van der Waals surface area contributed by atoms with Crippen molar-refractivity contribution >= 4 is 17.6 Å². The van der Waals surface area contributed by atoms with E-state index < -0.39 is 0 Å². The van der Waals surface area contributed by atoms with Gasteiger partial charge < -0.3 is 4.74 Å². The smallest absolute Gasteiger partial charge is 0.312 e. The number of hydrogen-bond acceptors (Lipinski definition) is 2. The monoisotopic (exact) mass is 218 g/mol. The Labute approximate surface area is 91.0 Å². The molecule has 0 heterocycles. The quantitative estimate of drug-likeness (QED) is 0.538. The zero-order chi connectivity index (χ0) is 10.8. The van der Waals surface area contributed by atoms with Crippen molar-refractivity contribution in [1.82, 2.24) is 0 Å². The number of carbonyl (C=O) groups is 1. The van der Waals surface area contributed by atoms with Gasteiger partial charge in [0.1, 0.15) is 5.60 Å². The fourth-order valence-corrected chi connectivity index (χ4v) is 2.09. The first kappa shape index (κ1) is 11.8. The molecule has 0 aromatic carbocycles. The average molecular weight is 219 g/mol. The third-order valence-corrected chi connectivity index (χ3v) is 2.90. The molecule has 1 aliphatic rings. The van der Waals surface area contributed by atoms with Gasteiger partial charge in [-0.3, -0.25) is 4.79 Å². The van der Waals surface area contributed by atoms with Crippen LogP contribution in [0.15, 0.2) is 0 Å². The summed E-state index contributed by atoms with van der Waals surface area (Å²) < 4.78 is 5.40. The first-order valence-electron chi connectivity index (χ1n) is 5.19. The van der Waals surface area contributed by atoms with Crippen LogP contribution in [0, 0.1) is 5.41 Å². The molecule has 14 heavy (non-hydrogen) atoms. The largest absolute Gasteiger partial charge is 0.460 e. The molecule has 0 aromatic rings. The number of halogens is 1. The molecule has 3 heteroatoms. The van der Waals surface area contributed by atoms with Gasteiger partial charge in [0.25, 0.3) is 0 Å². The first-order chi connectivity index (χ1) is 6.40. The second-order valence-electron chi connectivity index (χ2n) is 5.07. The summed E-state index contributed by atoms with van der Waals surface area (Å²) in [6.07, 6.45) is 3.75. The Bertz CT molecular complexity index is 214. The van der Waals surface area contributed by atoms with Crippen LogP contribution in [-0.4, -0.2) is 17.5 Å². The molecule has 0 aromatic heterocycles. The fraction of sp³-hybridized carbons (Fsp3) is 0.909. The van der Waals surface area contributed by atoms with Gasteiger partial charge in [0, 0.05) is 5.88 Å². The van der Waals surface area contributed by atoms with Crippen molar-refractivity contribution in [2.75, 3.05) is 5.88 Å². The van der Waals surface area contributed by atoms with E-state index in [9.17, 15) is 4.79 Å². The lowest BCUT2D eigenvalue weighted by Gasteiger charge is -2.40. The lowest BCUT2D eigenvalue weighted by Crippen LogP contribution is -2.42. The van der Waals surface area contributed by atoms with Crippen LogP contribution in [0.1, 0.15) is 46.5 Å². The normalized spacial score (nSPS) is 20.0. The third kappa shape index (κ3) is 2.63. The predicted octanol–water partition coefficient (Wildman–Crippen LogP) is 3.13. The van der Waals surface area contributed by atoms with Gasteiger partial charge in [-0.25, -0.2) is 0 Å². The van der Waals surface area contributed by atoms with E-state index in [1.807, 2.05) is 20.8 Å². The van der Waals surface area contributed by atoms with Gasteiger partial charge in [0.15, 0.2) is 0 Å². The highest BCUT2D eigenvalue weighted by atomic mass is 35.5. The molecule has 0 aliphatic heterocycles. The lowest BCUT2D eigenvalue weighted by molar-refractivity contribution is -0.173. The molecule has 1 fully saturated rings. The molecule has 0 saturated heterocycles. The molecule has 0 atom stereocenters. The Kier molecular flexibility index (Phi) is 3.46. The number of carbonyl (C=O) groups excluding carboxylic acids is 1. The molecule has 0 N–H and O–H groups in total. The minimum Gasteiger partial charge on any atom is -0.460 e. The molecule has 0 bridgehead atoms. The van der Waals surface area contributed by atoms with Crippen LogP contribution < -0.4 is 0 Å². The van der Waals surface area contributed by atoms with E-state index in [1.165, 1.54) is 0 Å². The first-order valence-corrected chi connectivity index (χ1v) is 5.72. The number of esters is 1. The summed E-state index contributed by atoms with van der Waals surface area (Å²) in [6.45, 7) is 5.70. The number of ether oxygens (including phenoxy) is 1. The fourth-order valence-electron chi connectivity index (χ4n) is 1.73. The van der Waals surface area contributed by atoms with E-state index in [1.54, 1.807) is 0 Å². The summed E-state index contributed by atoms with van der Waals surface area (Å²) in [4.78, 5) is 11.9. The summed E-state index contributed by atoms with van der Waals surface area (Å²) in [5, 5.41) is 0. The van der Waals surface area contributed by atoms with Crippen molar-refractivity contribution in [2.24, 2.45) is 5.41 Å². The molecule has 1 saturated carbocycles. The predicted molar refractivity (Wildman–Crippen MR) is 57.5 cm³/mol. The Balaban J connectivity index is 2.57. The summed E-state index contributed by atoms with van der Waals surface area (Å²) in [5.74, 6) is 0.482. The van der Waals surface area contributed by atoms with Crippen LogP contribution in [-0.2, 0) is 9.53 Å². The van der Waals surface area contributed by atoms with Gasteiger partial charge in [-0.2, -0.15) is 0 Å². The van der Waals surface area contributed by atoms with Crippen molar-refractivity contribution < 1.29 is 9.53 Å². The minimum absolute atomic E-state index is 0.0584. The molecule has 0 unspecified atom stereocenters. The number of rotatable bonds is 3. The van der Waals surface area contributed by atoms with Crippen molar-refractivity contribution in [2.45, 2.75) is 52.1 Å². The summed E-state index contributed by atoms with van der Waals surface area (Å²) in [5.41, 5.74) is -0.638. The number of alkyl halides is 1. The van der Waals surface area contributed by atoms with E-state index in [4.69, 9.17) is 16.3 Å². The average Bonchev–Trinajstić information content (AvgIpc) is 1.92. The van der Waals surface area contributed by atoms with Crippen molar-refractivity contribution in [1.29, 1.82) is 0 Å². The SMILES string of the molecule is CC(C)(C)OC(=O)C1(CCCl)CCC1. The molecular weight excluding hydrogens is 200 g/mol. The Hall–Kier alpha value is -0.240. The summed E-state index contributed by atoms with van der Waals surface area (Å²) in [7, 11) is 0. The topological polar surface area (TPSA) is 26.3 Å². The minimum atomic E-state index is -0.383. The Morgan fingerprint density at radius 3 is 2.29 bits per heavy atom. The van der Waals surface area contributed by atoms with E-state index in [-0.39, 0.29) is 17.0 Å². The van der Waals surface area contributed by atoms with Crippen LogP contribution in [0.25, 0.3) is 0 Å². The zero-order valence-corrected chi connectivity index (χ0v) is 9.99. The van der Waals surface area contributed by atoms with Crippen molar-refractivity contribution in [3.8, 4) is 0 Å². The van der Waals surface area contributed by atoms with Gasteiger partial charge in [-0.15, -0.1) is 11.6 Å². The molecule has 1 aliphatic carbocycles. The molecule has 0 spiro atoms. The Morgan fingerprint density at radius 1 is 1.43 bits per heavy atom. The zero-order valence-electron chi connectivity index (χ0n) is 9.23. The molecule has 0 amide bonds. The van der Waals surface area contributed by atoms with Gasteiger partial charge >= 0.3 is 5.97 Å². The highest BCUT2D eigenvalue weighted by molar-refractivity contribution is 6.18. The van der Waals surface area contributed by atoms with Gasteiger partial charge in [0.2, 0.25) is 0 Å². The summed E-state index contributed by atoms with van der Waals surface area (Å²) >= 11 is 5.71. The number of hydrogen-bond donors (Lipinski definition) is 0. The highest BCUT2D eigenvalue weighted by Crippen LogP contribution is 2.45. The summed E-state index contributed by atoms with van der Waals surface area (Å²) in [6, 6.07) is 0. The maximum absolute atomic E-state index is 11.9. The third-order valence-electron chi connectivity index (χ3n) is 2.72. The molecule has 0 radical (unpaired) electrons. The van der Waals surface area contributed by atoms with E-state index in [0.717, 1.165) is 25.7 Å². The second kappa shape index (κ2) is 4.09. The van der Waals surface area contributed by atoms with Crippen LogP contribution in [0.3, 0.4) is 0 Å². The van der Waals surface area contributed by atoms with Crippen molar-refractivity contribution in [3.05, 3.63) is 0 Å². The van der Waals surface area contributed by atoms with E-state index in [0.29, 0.717) is 5.88 Å². The highest BCUT2D eigenvalue weighted by Gasteiger charge is 2.45. The molecule has 82 valence electrons. The van der Waals surface area contributed by atoms with Gasteiger partial charge in [-0.05, 0) is 40.0 Å². The van der Waals surface area contributed by atoms with Crippen LogP contribution >= 0.6 is 11.6 Å². The second-order valence-corrected chi connectivity index (χ2v) is 5.45. The molecule has 2 nitrogen and oxygen atoms in total. The standard InChI is InChI=1S/C11H19ClO2/c1-10(2,3)14-9(13)11(7-8-12)5-4-6-11/h4-8H2,1-3H3. The van der Waals surface area contributed by atoms with Crippen LogP contribution in [0.5, 0.6) is 0 Å². The lowest BCUT2D eigenvalue weighted by atomic mass is 9.67. The van der Waals surface area contributed by atoms with Crippen LogP contribution in [0.2, 0.25) is 0 Å². The van der Waals surface area contributed by atoms with Gasteiger partial charge in [0.05, 0.1) is 5.41 Å². The van der Waals surface area contributed by atoms with E-state index >= 15 is 0 Å². The Morgan fingerprint density at radius 2 is 2.00 bits per heavy atom.